The zero-order chi connectivity index (χ0) is 23.0. The average molecular weight is 437 g/mol. The Morgan fingerprint density at radius 2 is 1.97 bits per heavy atom. The van der Waals surface area contributed by atoms with E-state index in [4.69, 9.17) is 9.47 Å². The number of benzene rings is 2. The Hall–Kier alpha value is -3.32. The van der Waals surface area contributed by atoms with Crippen molar-refractivity contribution in [2.75, 3.05) is 34.3 Å². The van der Waals surface area contributed by atoms with Gasteiger partial charge >= 0.3 is 0 Å². The van der Waals surface area contributed by atoms with E-state index in [1.54, 1.807) is 25.3 Å². The van der Waals surface area contributed by atoms with Gasteiger partial charge in [-0.1, -0.05) is 18.2 Å². The van der Waals surface area contributed by atoms with Gasteiger partial charge in [-0.3, -0.25) is 9.59 Å². The lowest BCUT2D eigenvalue weighted by atomic mass is 9.94. The van der Waals surface area contributed by atoms with E-state index in [0.29, 0.717) is 30.0 Å². The predicted molar refractivity (Wildman–Crippen MR) is 121 cm³/mol. The minimum atomic E-state index is -0.741. The number of nitrogens with zero attached hydrogens (tertiary/aromatic N) is 2. The van der Waals surface area contributed by atoms with Crippen LogP contribution in [0.5, 0.6) is 11.5 Å². The molecule has 0 aliphatic carbocycles. The van der Waals surface area contributed by atoms with Crippen LogP contribution in [0, 0.1) is 0 Å². The molecule has 2 unspecified atom stereocenters. The third-order valence-corrected chi connectivity index (χ3v) is 5.93. The van der Waals surface area contributed by atoms with Crippen LogP contribution in [0.3, 0.4) is 0 Å². The van der Waals surface area contributed by atoms with Gasteiger partial charge in [-0.25, -0.2) is 0 Å². The summed E-state index contributed by atoms with van der Waals surface area (Å²) in [6.07, 6.45) is 0.788. The Morgan fingerprint density at radius 1 is 1.22 bits per heavy atom. The number of Topliss-reactive ketones (excluding diaryl/α,β-unsaturated/α-hetero) is 1. The second-order valence-corrected chi connectivity index (χ2v) is 8.49. The Morgan fingerprint density at radius 3 is 2.69 bits per heavy atom. The molecule has 1 saturated heterocycles. The van der Waals surface area contributed by atoms with Crippen molar-refractivity contribution in [1.82, 2.24) is 9.80 Å². The maximum atomic E-state index is 13.2. The number of amides is 1. The Balaban J connectivity index is 1.85. The molecule has 0 radical (unpaired) electrons. The molecular weight excluding hydrogens is 408 g/mol. The number of carbonyl (C=O) groups is 2. The number of aliphatic hydroxyl groups is 1. The lowest BCUT2D eigenvalue weighted by molar-refractivity contribution is -0.140. The van der Waals surface area contributed by atoms with E-state index in [1.165, 1.54) is 4.90 Å². The van der Waals surface area contributed by atoms with Crippen LogP contribution in [-0.2, 0) is 16.0 Å². The Labute approximate surface area is 187 Å². The molecule has 2 atom stereocenters. The number of aliphatic hydroxyl groups excluding tert-OH is 1. The fraction of sp³-hybridized carbons (Fsp3) is 0.360. The highest BCUT2D eigenvalue weighted by Gasteiger charge is 2.46. The van der Waals surface area contributed by atoms with Crippen LogP contribution in [0.1, 0.15) is 29.7 Å². The number of ketones is 1. The summed E-state index contributed by atoms with van der Waals surface area (Å²) in [5.41, 5.74) is 2.20. The molecule has 2 aliphatic heterocycles. The summed E-state index contributed by atoms with van der Waals surface area (Å²) >= 11 is 0. The zero-order valence-corrected chi connectivity index (χ0v) is 18.8. The first-order chi connectivity index (χ1) is 15.3. The van der Waals surface area contributed by atoms with E-state index in [-0.39, 0.29) is 17.4 Å². The van der Waals surface area contributed by atoms with Crippen molar-refractivity contribution in [2.24, 2.45) is 0 Å². The number of hydrogen-bond acceptors (Lipinski definition) is 6. The second kappa shape index (κ2) is 8.67. The maximum Gasteiger partial charge on any atom is 0.295 e. The minimum absolute atomic E-state index is 0.0626. The topological polar surface area (TPSA) is 79.3 Å². The molecule has 0 bridgehead atoms. The number of carbonyl (C=O) groups excluding carboxylic acids is 2. The number of ether oxygens (including phenoxy) is 2. The molecule has 1 fully saturated rings. The van der Waals surface area contributed by atoms with Crippen molar-refractivity contribution >= 4 is 17.4 Å². The molecule has 32 heavy (non-hydrogen) atoms. The van der Waals surface area contributed by atoms with Crippen molar-refractivity contribution in [3.8, 4) is 11.5 Å². The molecule has 0 saturated carbocycles. The summed E-state index contributed by atoms with van der Waals surface area (Å²) in [6.45, 7) is 2.90. The summed E-state index contributed by atoms with van der Waals surface area (Å²) in [6, 6.07) is 11.9. The first-order valence-electron chi connectivity index (χ1n) is 10.7. The molecule has 7 nitrogen and oxygen atoms in total. The van der Waals surface area contributed by atoms with Crippen molar-refractivity contribution in [1.29, 1.82) is 0 Å². The van der Waals surface area contributed by atoms with Gasteiger partial charge in [0.05, 0.1) is 18.7 Å². The summed E-state index contributed by atoms with van der Waals surface area (Å²) in [7, 11) is 5.36. The fourth-order valence-electron chi connectivity index (χ4n) is 4.36. The Kier molecular flexibility index (Phi) is 5.93. The van der Waals surface area contributed by atoms with Crippen molar-refractivity contribution in [3.63, 3.8) is 0 Å². The molecule has 2 aliphatic rings. The Bertz CT molecular complexity index is 1090. The normalized spacial score (nSPS) is 21.7. The van der Waals surface area contributed by atoms with Crippen LogP contribution in [0.15, 0.2) is 48.0 Å². The van der Waals surface area contributed by atoms with Gasteiger partial charge in [0.25, 0.3) is 11.7 Å². The molecule has 0 spiro atoms. The summed E-state index contributed by atoms with van der Waals surface area (Å²) < 4.78 is 11.3. The fourth-order valence-corrected chi connectivity index (χ4v) is 4.36. The number of hydrogen-bond donors (Lipinski definition) is 1. The van der Waals surface area contributed by atoms with Crippen molar-refractivity contribution < 1.29 is 24.2 Å². The van der Waals surface area contributed by atoms with Crippen LogP contribution in [0.4, 0.5) is 0 Å². The third kappa shape index (κ3) is 3.84. The van der Waals surface area contributed by atoms with Gasteiger partial charge in [0.2, 0.25) is 0 Å². The van der Waals surface area contributed by atoms with Gasteiger partial charge in [0.15, 0.2) is 0 Å². The van der Waals surface area contributed by atoms with E-state index >= 15 is 0 Å². The van der Waals surface area contributed by atoms with E-state index in [1.807, 2.05) is 50.2 Å². The van der Waals surface area contributed by atoms with Crippen LogP contribution in [0.25, 0.3) is 5.76 Å². The molecule has 7 heteroatoms. The summed E-state index contributed by atoms with van der Waals surface area (Å²) in [4.78, 5) is 29.6. The number of methoxy groups -OCH3 is 1. The van der Waals surface area contributed by atoms with Crippen molar-refractivity contribution in [2.45, 2.75) is 25.5 Å². The highest BCUT2D eigenvalue weighted by Crippen LogP contribution is 2.43. The van der Waals surface area contributed by atoms with Crippen molar-refractivity contribution in [3.05, 3.63) is 64.7 Å². The second-order valence-electron chi connectivity index (χ2n) is 8.49. The quantitative estimate of drug-likeness (QED) is 0.426. The summed E-state index contributed by atoms with van der Waals surface area (Å²) in [5.74, 6) is -0.170. The average Bonchev–Trinajstić information content (AvgIpc) is 3.27. The van der Waals surface area contributed by atoms with Gasteiger partial charge in [0.1, 0.15) is 23.4 Å². The van der Waals surface area contributed by atoms with Gasteiger partial charge in [-0.05, 0) is 50.8 Å². The van der Waals surface area contributed by atoms with E-state index in [2.05, 4.69) is 0 Å². The highest BCUT2D eigenvalue weighted by molar-refractivity contribution is 6.46. The summed E-state index contributed by atoms with van der Waals surface area (Å²) in [5, 5.41) is 11.3. The molecule has 0 aromatic heterocycles. The zero-order valence-electron chi connectivity index (χ0n) is 18.8. The van der Waals surface area contributed by atoms with Crippen LogP contribution < -0.4 is 9.47 Å². The largest absolute Gasteiger partial charge is 0.507 e. The first-order valence-corrected chi connectivity index (χ1v) is 10.7. The molecule has 1 amide bonds. The van der Waals surface area contributed by atoms with Crippen LogP contribution in [0.2, 0.25) is 0 Å². The molecular formula is C25H28N2O5. The SMILES string of the molecule is COc1ccccc1C1C(=C(O)c2ccc3c(c2)CC(C)O3)C(=O)C(=O)N1CCN(C)C. The van der Waals surface area contributed by atoms with E-state index in [9.17, 15) is 14.7 Å². The van der Waals surface area contributed by atoms with Crippen LogP contribution in [-0.4, -0.2) is 67.0 Å². The van der Waals surface area contributed by atoms with E-state index in [0.717, 1.165) is 17.7 Å². The smallest absolute Gasteiger partial charge is 0.295 e. The molecule has 168 valence electrons. The molecule has 1 N–H and O–H groups in total. The lowest BCUT2D eigenvalue weighted by Gasteiger charge is -2.27. The minimum Gasteiger partial charge on any atom is -0.507 e. The maximum absolute atomic E-state index is 13.2. The predicted octanol–water partition coefficient (Wildman–Crippen LogP) is 3.00. The molecule has 2 heterocycles. The molecule has 2 aromatic rings. The van der Waals surface area contributed by atoms with Gasteiger partial charge in [0, 0.05) is 30.6 Å². The number of likely N-dealkylation sites (tertiary alicyclic amines) is 1. The standard InChI is InChI=1S/C25H28N2O5/c1-15-13-17-14-16(9-10-19(17)32-15)23(28)21-22(18-7-5-6-8-20(18)31-4)27(12-11-26(2)3)25(30)24(21)29/h5-10,14-15,22,28H,11-13H2,1-4H3. The number of fused-ring (bicyclic) bond motifs is 1. The molecule has 4 rings (SSSR count). The number of para-hydroxylation sites is 1. The monoisotopic (exact) mass is 436 g/mol. The lowest BCUT2D eigenvalue weighted by Crippen LogP contribution is -2.35. The van der Waals surface area contributed by atoms with E-state index < -0.39 is 17.7 Å². The van der Waals surface area contributed by atoms with Gasteiger partial charge in [-0.2, -0.15) is 0 Å². The number of likely N-dealkylation sites (N-methyl/N-ethyl adjacent to an activating group) is 1. The molecule has 2 aromatic carbocycles. The van der Waals surface area contributed by atoms with Crippen LogP contribution >= 0.6 is 0 Å². The highest BCUT2D eigenvalue weighted by atomic mass is 16.5. The number of rotatable bonds is 6. The first kappa shape index (κ1) is 21.9. The van der Waals surface area contributed by atoms with Gasteiger partial charge < -0.3 is 24.4 Å². The third-order valence-electron chi connectivity index (χ3n) is 5.93. The van der Waals surface area contributed by atoms with Gasteiger partial charge in [-0.15, -0.1) is 0 Å².